The van der Waals surface area contributed by atoms with Crippen LogP contribution in [0.3, 0.4) is 0 Å². The van der Waals surface area contributed by atoms with Crippen LogP contribution in [-0.4, -0.2) is 35.8 Å². The number of aliphatic hydroxyl groups excluding tert-OH is 1. The monoisotopic (exact) mass is 542 g/mol. The average molecular weight is 542 g/mol. The van der Waals surface area contributed by atoms with Gasteiger partial charge < -0.3 is 20.5 Å². The van der Waals surface area contributed by atoms with Crippen LogP contribution in [0.5, 0.6) is 5.75 Å². The number of guanidine groups is 1. The molecule has 2 aromatic carbocycles. The van der Waals surface area contributed by atoms with E-state index in [1.165, 1.54) is 12.1 Å². The second-order valence-electron chi connectivity index (χ2n) is 6.53. The van der Waals surface area contributed by atoms with Crippen molar-refractivity contribution in [2.75, 3.05) is 13.1 Å². The number of halogens is 3. The van der Waals surface area contributed by atoms with Crippen molar-refractivity contribution < 1.29 is 18.6 Å². The molecule has 0 radical (unpaired) electrons. The van der Waals surface area contributed by atoms with E-state index in [4.69, 9.17) is 0 Å². The van der Waals surface area contributed by atoms with E-state index in [9.17, 15) is 13.9 Å². The molecule has 3 N–H and O–H groups in total. The molecule has 0 bridgehead atoms. The third kappa shape index (κ3) is 7.28. The number of para-hydroxylation sites is 1. The SMILES string of the molecule is CCNC(=NCc1ccnc2ccccc12)NCC(O)c1ccc(OC(F)F)cc1.I. The second kappa shape index (κ2) is 12.4. The summed E-state index contributed by atoms with van der Waals surface area (Å²) < 4.78 is 28.8. The van der Waals surface area contributed by atoms with Crippen molar-refractivity contribution >= 4 is 40.8 Å². The maximum Gasteiger partial charge on any atom is 0.387 e. The highest BCUT2D eigenvalue weighted by atomic mass is 127. The van der Waals surface area contributed by atoms with Crippen molar-refractivity contribution in [3.63, 3.8) is 0 Å². The summed E-state index contributed by atoms with van der Waals surface area (Å²) in [5.74, 6) is 0.614. The lowest BCUT2D eigenvalue weighted by molar-refractivity contribution is -0.0498. The molecule has 1 aromatic heterocycles. The minimum Gasteiger partial charge on any atom is -0.435 e. The Kier molecular flexibility index (Phi) is 9.86. The van der Waals surface area contributed by atoms with Gasteiger partial charge in [0.05, 0.1) is 18.2 Å². The topological polar surface area (TPSA) is 78.8 Å². The Labute approximate surface area is 196 Å². The largest absolute Gasteiger partial charge is 0.435 e. The zero-order valence-corrected chi connectivity index (χ0v) is 19.3. The van der Waals surface area contributed by atoms with Gasteiger partial charge in [-0.05, 0) is 42.3 Å². The summed E-state index contributed by atoms with van der Waals surface area (Å²) in [4.78, 5) is 8.96. The molecule has 3 aromatic rings. The third-order valence-corrected chi connectivity index (χ3v) is 4.44. The fourth-order valence-electron chi connectivity index (χ4n) is 2.98. The summed E-state index contributed by atoms with van der Waals surface area (Å²) in [6, 6.07) is 15.7. The Bertz CT molecular complexity index is 981. The summed E-state index contributed by atoms with van der Waals surface area (Å²) >= 11 is 0. The van der Waals surface area contributed by atoms with Crippen molar-refractivity contribution in [1.29, 1.82) is 0 Å². The number of hydrogen-bond acceptors (Lipinski definition) is 4. The number of fused-ring (bicyclic) bond motifs is 1. The number of nitrogens with zero attached hydrogens (tertiary/aromatic N) is 2. The second-order valence-corrected chi connectivity index (χ2v) is 6.53. The van der Waals surface area contributed by atoms with E-state index >= 15 is 0 Å². The van der Waals surface area contributed by atoms with E-state index in [-0.39, 0.29) is 36.3 Å². The van der Waals surface area contributed by atoms with Gasteiger partial charge in [-0.2, -0.15) is 8.78 Å². The Morgan fingerprint density at radius 2 is 1.84 bits per heavy atom. The van der Waals surface area contributed by atoms with E-state index in [1.54, 1.807) is 18.3 Å². The van der Waals surface area contributed by atoms with Gasteiger partial charge in [-0.1, -0.05) is 30.3 Å². The smallest absolute Gasteiger partial charge is 0.387 e. The van der Waals surface area contributed by atoms with Gasteiger partial charge in [0.2, 0.25) is 0 Å². The number of hydrogen-bond donors (Lipinski definition) is 3. The Hall–Kier alpha value is -2.53. The molecule has 0 saturated carbocycles. The molecule has 1 heterocycles. The molecule has 1 atom stereocenters. The lowest BCUT2D eigenvalue weighted by atomic mass is 10.1. The Morgan fingerprint density at radius 3 is 2.55 bits per heavy atom. The Morgan fingerprint density at radius 1 is 1.10 bits per heavy atom. The molecule has 31 heavy (non-hydrogen) atoms. The molecule has 0 aliphatic heterocycles. The molecule has 3 rings (SSSR count). The number of aromatic nitrogens is 1. The minimum atomic E-state index is -2.88. The molecule has 9 heteroatoms. The highest BCUT2D eigenvalue weighted by Crippen LogP contribution is 2.19. The molecule has 166 valence electrons. The van der Waals surface area contributed by atoms with Crippen LogP contribution in [-0.2, 0) is 6.54 Å². The van der Waals surface area contributed by atoms with Crippen LogP contribution in [0.15, 0.2) is 65.8 Å². The van der Waals surface area contributed by atoms with Gasteiger partial charge in [0.15, 0.2) is 5.96 Å². The van der Waals surface area contributed by atoms with Crippen molar-refractivity contribution in [2.45, 2.75) is 26.2 Å². The molecule has 0 amide bonds. The van der Waals surface area contributed by atoms with E-state index in [1.807, 2.05) is 37.3 Å². The first-order chi connectivity index (χ1) is 14.6. The van der Waals surface area contributed by atoms with Gasteiger partial charge in [-0.3, -0.25) is 4.98 Å². The van der Waals surface area contributed by atoms with Crippen LogP contribution in [0.2, 0.25) is 0 Å². The summed E-state index contributed by atoms with van der Waals surface area (Å²) in [7, 11) is 0. The molecule has 0 saturated heterocycles. The van der Waals surface area contributed by atoms with Gasteiger partial charge in [0, 0.05) is 24.7 Å². The van der Waals surface area contributed by atoms with Gasteiger partial charge in [-0.25, -0.2) is 4.99 Å². The first-order valence-corrected chi connectivity index (χ1v) is 9.64. The first kappa shape index (κ1) is 24.7. The zero-order valence-electron chi connectivity index (χ0n) is 17.0. The number of aliphatic imine (C=N–C) groups is 1. The zero-order chi connectivity index (χ0) is 21.3. The van der Waals surface area contributed by atoms with Crippen molar-refractivity contribution in [1.82, 2.24) is 15.6 Å². The van der Waals surface area contributed by atoms with Crippen LogP contribution < -0.4 is 15.4 Å². The van der Waals surface area contributed by atoms with Crippen LogP contribution in [0.1, 0.15) is 24.2 Å². The first-order valence-electron chi connectivity index (χ1n) is 9.64. The van der Waals surface area contributed by atoms with Crippen molar-refractivity contribution in [2.24, 2.45) is 4.99 Å². The number of nitrogens with one attached hydrogen (secondary N) is 2. The summed E-state index contributed by atoms with van der Waals surface area (Å²) in [5.41, 5.74) is 2.55. The molecule has 6 nitrogen and oxygen atoms in total. The van der Waals surface area contributed by atoms with Crippen molar-refractivity contribution in [3.8, 4) is 5.75 Å². The quantitative estimate of drug-likeness (QED) is 0.226. The molecular formula is C22H25F2IN4O2. The molecule has 0 aliphatic rings. The molecule has 1 unspecified atom stereocenters. The van der Waals surface area contributed by atoms with E-state index in [2.05, 4.69) is 25.3 Å². The van der Waals surface area contributed by atoms with Crippen LogP contribution >= 0.6 is 24.0 Å². The van der Waals surface area contributed by atoms with Gasteiger partial charge in [0.1, 0.15) is 5.75 Å². The standard InChI is InChI=1S/C22H24F2N4O2.HI/c1-2-25-22(27-13-16-11-12-26-19-6-4-3-5-18(16)19)28-14-20(29)15-7-9-17(10-8-15)30-21(23)24;/h3-12,20-21,29H,2,13-14H2,1H3,(H2,25,27,28);1H. The maximum atomic E-state index is 12.2. The molecule has 0 fully saturated rings. The number of benzene rings is 2. The molecule has 0 spiro atoms. The maximum absolute atomic E-state index is 12.2. The number of alkyl halides is 2. The average Bonchev–Trinajstić information content (AvgIpc) is 2.75. The number of pyridine rings is 1. The highest BCUT2D eigenvalue weighted by molar-refractivity contribution is 14.0. The molecular weight excluding hydrogens is 517 g/mol. The fraction of sp³-hybridized carbons (Fsp3) is 0.273. The number of aliphatic hydroxyl groups is 1. The normalized spacial score (nSPS) is 12.4. The predicted octanol–water partition coefficient (Wildman–Crippen LogP) is 4.24. The predicted molar refractivity (Wildman–Crippen MR) is 128 cm³/mol. The summed E-state index contributed by atoms with van der Waals surface area (Å²) in [6.07, 6.45) is 0.926. The molecule has 0 aliphatic carbocycles. The van der Waals surface area contributed by atoms with E-state index in [0.717, 1.165) is 16.5 Å². The number of rotatable bonds is 8. The van der Waals surface area contributed by atoms with E-state index in [0.29, 0.717) is 24.6 Å². The van der Waals surface area contributed by atoms with Crippen LogP contribution in [0.4, 0.5) is 8.78 Å². The summed E-state index contributed by atoms with van der Waals surface area (Å²) in [5, 5.41) is 17.7. The van der Waals surface area contributed by atoms with Crippen molar-refractivity contribution in [3.05, 3.63) is 71.9 Å². The lowest BCUT2D eigenvalue weighted by Gasteiger charge is -2.16. The third-order valence-electron chi connectivity index (χ3n) is 4.44. The number of ether oxygens (including phenoxy) is 1. The van der Waals surface area contributed by atoms with E-state index < -0.39 is 12.7 Å². The highest BCUT2D eigenvalue weighted by Gasteiger charge is 2.10. The van der Waals surface area contributed by atoms with Gasteiger partial charge >= 0.3 is 6.61 Å². The van der Waals surface area contributed by atoms with Crippen LogP contribution in [0.25, 0.3) is 10.9 Å². The van der Waals surface area contributed by atoms with Crippen LogP contribution in [0, 0.1) is 0 Å². The van der Waals surface area contributed by atoms with Gasteiger partial charge in [0.25, 0.3) is 0 Å². The van der Waals surface area contributed by atoms with Gasteiger partial charge in [-0.15, -0.1) is 24.0 Å². The Balaban J connectivity index is 0.00000341. The minimum absolute atomic E-state index is 0. The fourth-order valence-corrected chi connectivity index (χ4v) is 2.98. The lowest BCUT2D eigenvalue weighted by Crippen LogP contribution is -2.39. The summed E-state index contributed by atoms with van der Waals surface area (Å²) in [6.45, 7) is 0.404.